The van der Waals surface area contributed by atoms with E-state index in [1.54, 1.807) is 12.1 Å². The number of hydrogen-bond acceptors (Lipinski definition) is 3. The molecule has 0 aromatic heterocycles. The number of benzene rings is 1. The van der Waals surface area contributed by atoms with Gasteiger partial charge < -0.3 is 9.84 Å². The van der Waals surface area contributed by atoms with E-state index >= 15 is 0 Å². The molecule has 0 radical (unpaired) electrons. The lowest BCUT2D eigenvalue weighted by Crippen LogP contribution is -2.35. The summed E-state index contributed by atoms with van der Waals surface area (Å²) in [5, 5.41) is 11.1. The maximum absolute atomic E-state index is 12.2. The summed E-state index contributed by atoms with van der Waals surface area (Å²) in [6, 6.07) is 7.43. The predicted octanol–water partition coefficient (Wildman–Crippen LogP) is 4.67. The number of fused-ring (bicyclic) bond motifs is 2. The Bertz CT molecular complexity index is 600. The molecule has 3 heteroatoms. The van der Waals surface area contributed by atoms with E-state index in [2.05, 4.69) is 0 Å². The molecule has 0 heterocycles. The molecule has 0 spiro atoms. The summed E-state index contributed by atoms with van der Waals surface area (Å²) in [7, 11) is 0. The van der Waals surface area contributed by atoms with Gasteiger partial charge in [-0.2, -0.15) is 0 Å². The average molecular weight is 330 g/mol. The number of hydrogen-bond donors (Lipinski definition) is 1. The Morgan fingerprint density at radius 2 is 1.83 bits per heavy atom. The van der Waals surface area contributed by atoms with Crippen molar-refractivity contribution in [3.8, 4) is 5.75 Å². The van der Waals surface area contributed by atoms with Crippen LogP contribution in [0, 0.1) is 23.2 Å². The molecule has 3 nitrogen and oxygen atoms in total. The van der Waals surface area contributed by atoms with E-state index < -0.39 is 11.0 Å². The molecule has 0 aliphatic heterocycles. The summed E-state index contributed by atoms with van der Waals surface area (Å²) in [4.78, 5) is 12.2. The highest BCUT2D eigenvalue weighted by Gasteiger charge is 2.48. The molecule has 1 aromatic rings. The van der Waals surface area contributed by atoms with E-state index in [1.165, 1.54) is 19.3 Å². The summed E-state index contributed by atoms with van der Waals surface area (Å²) < 4.78 is 5.49. The zero-order chi connectivity index (χ0) is 17.5. The molecule has 2 saturated carbocycles. The topological polar surface area (TPSA) is 46.5 Å². The van der Waals surface area contributed by atoms with Crippen molar-refractivity contribution in [1.29, 1.82) is 0 Å². The van der Waals surface area contributed by atoms with E-state index in [1.807, 2.05) is 39.8 Å². The minimum absolute atomic E-state index is 0.211. The van der Waals surface area contributed by atoms with Crippen molar-refractivity contribution in [3.05, 3.63) is 29.8 Å². The zero-order valence-electron chi connectivity index (χ0n) is 15.3. The quantitative estimate of drug-likeness (QED) is 0.630. The lowest BCUT2D eigenvalue weighted by atomic mass is 9.74. The number of rotatable bonds is 5. The van der Waals surface area contributed by atoms with Gasteiger partial charge in [0.2, 0.25) is 0 Å². The van der Waals surface area contributed by atoms with Crippen molar-refractivity contribution in [2.75, 3.05) is 0 Å². The second-order valence-corrected chi connectivity index (χ2v) is 8.58. The molecule has 0 saturated heterocycles. The van der Waals surface area contributed by atoms with Crippen molar-refractivity contribution in [3.63, 3.8) is 0 Å². The van der Waals surface area contributed by atoms with E-state index in [0.29, 0.717) is 17.6 Å². The van der Waals surface area contributed by atoms with Gasteiger partial charge in [0.05, 0.1) is 11.0 Å². The van der Waals surface area contributed by atoms with Gasteiger partial charge in [-0.1, -0.05) is 25.5 Å². The van der Waals surface area contributed by atoms with Gasteiger partial charge in [0.1, 0.15) is 5.75 Å². The van der Waals surface area contributed by atoms with Crippen LogP contribution in [0.15, 0.2) is 24.3 Å². The van der Waals surface area contributed by atoms with Crippen LogP contribution in [0.25, 0.3) is 0 Å². The number of esters is 1. The Morgan fingerprint density at radius 1 is 1.17 bits per heavy atom. The molecule has 4 atom stereocenters. The summed E-state index contributed by atoms with van der Waals surface area (Å²) in [6.45, 7) is 7.71. The second kappa shape index (κ2) is 6.18. The van der Waals surface area contributed by atoms with Crippen LogP contribution in [0.1, 0.15) is 65.4 Å². The molecule has 132 valence electrons. The highest BCUT2D eigenvalue weighted by atomic mass is 16.5. The molecule has 2 bridgehead atoms. The third kappa shape index (κ3) is 3.11. The van der Waals surface area contributed by atoms with Gasteiger partial charge in [-0.05, 0) is 81.9 Å². The van der Waals surface area contributed by atoms with Crippen LogP contribution in [0.5, 0.6) is 5.75 Å². The van der Waals surface area contributed by atoms with Gasteiger partial charge in [-0.25, -0.2) is 0 Å². The number of aliphatic hydroxyl groups is 1. The molecule has 0 amide bonds. The fraction of sp³-hybridized carbons (Fsp3) is 0.667. The Kier molecular flexibility index (Phi) is 4.50. The molecule has 1 aromatic carbocycles. The average Bonchev–Trinajstić information content (AvgIpc) is 3.18. The molecule has 2 aliphatic carbocycles. The fourth-order valence-corrected chi connectivity index (χ4v) is 4.40. The second-order valence-electron chi connectivity index (χ2n) is 8.58. The van der Waals surface area contributed by atoms with E-state index in [4.69, 9.17) is 4.74 Å². The number of carbonyl (C=O) groups is 1. The van der Waals surface area contributed by atoms with E-state index in [0.717, 1.165) is 24.3 Å². The Balaban J connectivity index is 1.71. The van der Waals surface area contributed by atoms with Crippen LogP contribution in [-0.2, 0) is 10.4 Å². The summed E-state index contributed by atoms with van der Waals surface area (Å²) in [5.41, 5.74) is -0.354. The van der Waals surface area contributed by atoms with Gasteiger partial charge in [0, 0.05) is 0 Å². The number of carbonyl (C=O) groups excluding carboxylic acids is 1. The summed E-state index contributed by atoms with van der Waals surface area (Å²) in [6.07, 6.45) is 5.75. The smallest absolute Gasteiger partial charge is 0.316 e. The molecular weight excluding hydrogens is 300 g/mol. The van der Waals surface area contributed by atoms with Gasteiger partial charge in [0.25, 0.3) is 0 Å². The first kappa shape index (κ1) is 17.5. The Morgan fingerprint density at radius 3 is 2.33 bits per heavy atom. The summed E-state index contributed by atoms with van der Waals surface area (Å²) in [5.74, 6) is 2.16. The highest BCUT2D eigenvalue weighted by Crippen LogP contribution is 2.54. The molecular formula is C21H30O3. The molecule has 4 unspecified atom stereocenters. The maximum Gasteiger partial charge on any atom is 0.316 e. The molecule has 3 rings (SSSR count). The van der Waals surface area contributed by atoms with Crippen molar-refractivity contribution < 1.29 is 14.6 Å². The SMILES string of the molecule is CCC(C)(C)C(=O)Oc1ccc(C(C)(O)C2CC3CCC2C3)cc1. The van der Waals surface area contributed by atoms with Crippen LogP contribution < -0.4 is 4.74 Å². The first-order valence-electron chi connectivity index (χ1n) is 9.29. The van der Waals surface area contributed by atoms with Crippen LogP contribution in [0.2, 0.25) is 0 Å². The molecule has 2 fully saturated rings. The minimum atomic E-state index is -0.801. The highest BCUT2D eigenvalue weighted by molar-refractivity contribution is 5.78. The molecule has 2 aliphatic rings. The normalized spacial score (nSPS) is 28.6. The monoisotopic (exact) mass is 330 g/mol. The zero-order valence-corrected chi connectivity index (χ0v) is 15.3. The molecule has 24 heavy (non-hydrogen) atoms. The van der Waals surface area contributed by atoms with Crippen molar-refractivity contribution in [1.82, 2.24) is 0 Å². The largest absolute Gasteiger partial charge is 0.426 e. The minimum Gasteiger partial charge on any atom is -0.426 e. The maximum atomic E-state index is 12.2. The van der Waals surface area contributed by atoms with E-state index in [9.17, 15) is 9.90 Å². The summed E-state index contributed by atoms with van der Waals surface area (Å²) >= 11 is 0. The van der Waals surface area contributed by atoms with Crippen molar-refractivity contribution in [2.45, 2.75) is 65.4 Å². The Hall–Kier alpha value is -1.35. The van der Waals surface area contributed by atoms with Gasteiger partial charge >= 0.3 is 5.97 Å². The lowest BCUT2D eigenvalue weighted by Gasteiger charge is -2.36. The fourth-order valence-electron chi connectivity index (χ4n) is 4.40. The van der Waals surface area contributed by atoms with E-state index in [-0.39, 0.29) is 5.97 Å². The van der Waals surface area contributed by atoms with Crippen LogP contribution in [0.4, 0.5) is 0 Å². The van der Waals surface area contributed by atoms with Gasteiger partial charge in [-0.15, -0.1) is 0 Å². The Labute approximate surface area is 145 Å². The predicted molar refractivity (Wildman–Crippen MR) is 94.7 cm³/mol. The third-order valence-electron chi connectivity index (χ3n) is 6.55. The van der Waals surface area contributed by atoms with Crippen molar-refractivity contribution >= 4 is 5.97 Å². The van der Waals surface area contributed by atoms with Crippen LogP contribution >= 0.6 is 0 Å². The van der Waals surface area contributed by atoms with Crippen molar-refractivity contribution in [2.24, 2.45) is 23.2 Å². The number of ether oxygens (including phenoxy) is 1. The van der Waals surface area contributed by atoms with Gasteiger partial charge in [-0.3, -0.25) is 4.79 Å². The molecule has 1 N–H and O–H groups in total. The third-order valence-corrected chi connectivity index (χ3v) is 6.55. The van der Waals surface area contributed by atoms with Crippen LogP contribution in [0.3, 0.4) is 0 Å². The first-order chi connectivity index (χ1) is 11.2. The first-order valence-corrected chi connectivity index (χ1v) is 9.29. The standard InChI is InChI=1S/C21H30O3/c1-5-20(2,3)19(22)24-17-10-8-16(9-11-17)21(4,23)18-13-14-6-7-15(18)12-14/h8-11,14-15,18,23H,5-7,12-13H2,1-4H3. The lowest BCUT2D eigenvalue weighted by molar-refractivity contribution is -0.144. The van der Waals surface area contributed by atoms with Gasteiger partial charge in [0.15, 0.2) is 0 Å². The van der Waals surface area contributed by atoms with Crippen LogP contribution in [-0.4, -0.2) is 11.1 Å².